The third kappa shape index (κ3) is 12.4. The average Bonchev–Trinajstić information content (AvgIpc) is 1.66. The minimum Gasteiger partial charge on any atom is -0.497 e. The molecule has 3 N–H and O–H groups in total. The predicted octanol–water partition coefficient (Wildman–Crippen LogP) is 10.1. The summed E-state index contributed by atoms with van der Waals surface area (Å²) in [5.74, 6) is 1.47. The molecule has 0 unspecified atom stereocenters. The Morgan fingerprint density at radius 2 is 0.956 bits per heavy atom. The second kappa shape index (κ2) is 27.0. The summed E-state index contributed by atoms with van der Waals surface area (Å²) in [6.45, 7) is 9.71. The lowest BCUT2D eigenvalue weighted by Crippen LogP contribution is -2.42. The summed E-state index contributed by atoms with van der Waals surface area (Å²) < 4.78 is 37.9. The van der Waals surface area contributed by atoms with Crippen LogP contribution in [-0.4, -0.2) is 135 Å². The molecule has 0 spiro atoms. The first-order chi connectivity index (χ1) is 43.6. The zero-order valence-corrected chi connectivity index (χ0v) is 51.3. The van der Waals surface area contributed by atoms with Crippen LogP contribution in [0.1, 0.15) is 81.3 Å². The van der Waals surface area contributed by atoms with Crippen LogP contribution in [0.2, 0.25) is 0 Å². The SMILES string of the molecule is CC(C)C(=O)Nc1ncnc2c1ncn2[C@@H]1O[C@H](CO)[C@@H]2[C@H]1OC(=O)N2Cc1ccccc1.CC[C@H]1O[C@@H](n2cnc3c(NC(=O)C(C)C)ncnc32)[C@@H]2OC(=O)N(Cc3ccccc3)[C@@H]21.COc1ccc(C(Cl)(c2ccccc2)c2ccc(OC)cc2)cc1. The number of carbonyl (C=O) groups is 4. The van der Waals surface area contributed by atoms with Gasteiger partial charge >= 0.3 is 12.2 Å². The third-order valence-corrected chi connectivity index (χ3v) is 16.9. The highest BCUT2D eigenvalue weighted by Crippen LogP contribution is 2.46. The van der Waals surface area contributed by atoms with E-state index in [1.54, 1.807) is 67.2 Å². The third-order valence-electron chi connectivity index (χ3n) is 16.2. The maximum atomic E-state index is 12.8. The van der Waals surface area contributed by atoms with Crippen LogP contribution in [-0.2, 0) is 46.5 Å². The molecule has 90 heavy (non-hydrogen) atoms. The number of aliphatic hydroxyl groups excluding tert-OH is 1. The molecular formula is C66H69ClN12O11. The smallest absolute Gasteiger partial charge is 0.411 e. The van der Waals surface area contributed by atoms with Crippen LogP contribution < -0.4 is 20.1 Å². The number of alkyl halides is 1. The molecule has 0 bridgehead atoms. The van der Waals surface area contributed by atoms with Crippen molar-refractivity contribution in [2.24, 2.45) is 11.8 Å². The van der Waals surface area contributed by atoms with Crippen molar-refractivity contribution in [3.05, 3.63) is 193 Å². The summed E-state index contributed by atoms with van der Waals surface area (Å²) >= 11 is 7.22. The first-order valence-corrected chi connectivity index (χ1v) is 30.0. The van der Waals surface area contributed by atoms with Gasteiger partial charge in [-0.1, -0.05) is 150 Å². The fraction of sp³-hybridized carbons (Fsp3) is 0.333. The fourth-order valence-electron chi connectivity index (χ4n) is 11.5. The van der Waals surface area contributed by atoms with E-state index in [-0.39, 0.29) is 48.5 Å². The summed E-state index contributed by atoms with van der Waals surface area (Å²) in [6.07, 6.45) is 2.36. The molecular weight excluding hydrogens is 1170 g/mol. The van der Waals surface area contributed by atoms with Gasteiger partial charge in [-0.15, -0.1) is 11.6 Å². The van der Waals surface area contributed by atoms with Crippen molar-refractivity contribution < 1.29 is 52.7 Å². The van der Waals surface area contributed by atoms with Gasteiger partial charge in [0.2, 0.25) is 11.8 Å². The highest BCUT2D eigenvalue weighted by Gasteiger charge is 2.58. The quantitative estimate of drug-likeness (QED) is 0.0565. The highest BCUT2D eigenvalue weighted by molar-refractivity contribution is 6.28. The van der Waals surface area contributed by atoms with Crippen LogP contribution in [0.3, 0.4) is 0 Å². The average molecular weight is 1240 g/mol. The van der Waals surface area contributed by atoms with Crippen molar-refractivity contribution in [3.8, 4) is 11.5 Å². The fourth-order valence-corrected chi connectivity index (χ4v) is 11.9. The molecule has 4 aliphatic heterocycles. The topological polar surface area (TPSA) is 262 Å². The van der Waals surface area contributed by atoms with Gasteiger partial charge in [-0.25, -0.2) is 39.5 Å². The molecule has 9 aromatic rings. The van der Waals surface area contributed by atoms with Crippen LogP contribution in [0.25, 0.3) is 22.3 Å². The van der Waals surface area contributed by atoms with Gasteiger partial charge in [0.25, 0.3) is 0 Å². The van der Waals surface area contributed by atoms with Crippen molar-refractivity contribution in [2.75, 3.05) is 31.5 Å². The van der Waals surface area contributed by atoms with Gasteiger partial charge in [-0.05, 0) is 58.5 Å². The summed E-state index contributed by atoms with van der Waals surface area (Å²) in [7, 11) is 3.31. The molecule has 4 fully saturated rings. The number of methoxy groups -OCH3 is 2. The lowest BCUT2D eigenvalue weighted by Gasteiger charge is -2.29. The summed E-state index contributed by atoms with van der Waals surface area (Å²) in [5, 5.41) is 15.5. The number of hydrogen-bond donors (Lipinski definition) is 3. The number of amides is 4. The van der Waals surface area contributed by atoms with E-state index in [0.717, 1.165) is 45.7 Å². The zero-order valence-electron chi connectivity index (χ0n) is 50.6. The minimum absolute atomic E-state index is 0.158. The highest BCUT2D eigenvalue weighted by atomic mass is 35.5. The van der Waals surface area contributed by atoms with Crippen molar-refractivity contribution in [1.29, 1.82) is 0 Å². The first kappa shape index (κ1) is 62.1. The Labute approximate surface area is 524 Å². The number of imidazole rings is 2. The van der Waals surface area contributed by atoms with Gasteiger partial charge in [-0.3, -0.25) is 28.5 Å². The molecule has 4 saturated heterocycles. The Kier molecular flexibility index (Phi) is 18.7. The number of fused-ring (bicyclic) bond motifs is 4. The van der Waals surface area contributed by atoms with Gasteiger partial charge in [0.05, 0.1) is 39.6 Å². The van der Waals surface area contributed by atoms with E-state index in [1.807, 2.05) is 146 Å². The van der Waals surface area contributed by atoms with E-state index < -0.39 is 47.8 Å². The van der Waals surface area contributed by atoms with E-state index >= 15 is 0 Å². The number of anilines is 2. The Balaban J connectivity index is 0.000000141. The molecule has 0 aliphatic carbocycles. The Morgan fingerprint density at radius 1 is 0.567 bits per heavy atom. The number of nitrogens with one attached hydrogen (secondary N) is 2. The second-order valence-electron chi connectivity index (χ2n) is 22.5. The number of halogens is 1. The standard InChI is InChI=1S/C23H26N6O4.C22H24N6O5.C21H19ClO2/c1-4-15-17-18(33-23(31)28(17)10-14-8-6-5-7-9-14)22(32-15)29-12-26-16-19(24-11-25-20(16)29)27-21(30)13(2)3;1-12(2)20(30)26-18-15-19(24-10-23-18)28(11-25-15)21-17-16(14(9-29)32-21)27(22(31)33-17)8-13-6-4-3-5-7-13;1-23-19-12-8-17(9-13-19)21(22,16-6-4-3-5-7-16)18-10-14-20(24-2)15-11-18/h5-9,11-13,15,17-18,22H,4,10H2,1-3H3,(H,24,25,27,30);3-7,10-12,14,16-17,21,29H,8-9H2,1-2H3,(H,23,24,26,30);3-15H,1-2H3/t15-,17-,18-,22-;14-,16-,17-,21-;/m11./s1. The molecule has 0 radical (unpaired) electrons. The number of rotatable bonds is 17. The van der Waals surface area contributed by atoms with Crippen molar-refractivity contribution >= 4 is 69.6 Å². The van der Waals surface area contributed by atoms with E-state index in [4.69, 9.17) is 40.0 Å². The van der Waals surface area contributed by atoms with E-state index in [1.165, 1.54) is 19.0 Å². The lowest BCUT2D eigenvalue weighted by molar-refractivity contribution is -0.119. The van der Waals surface area contributed by atoms with Gasteiger partial charge in [-0.2, -0.15) is 0 Å². The van der Waals surface area contributed by atoms with E-state index in [9.17, 15) is 24.3 Å². The lowest BCUT2D eigenvalue weighted by atomic mass is 9.84. The Bertz CT molecular complexity index is 3720. The molecule has 4 amide bonds. The molecule has 4 aromatic heterocycles. The molecule has 24 heteroatoms. The summed E-state index contributed by atoms with van der Waals surface area (Å²) in [5.41, 5.74) is 6.73. The van der Waals surface area contributed by atoms with Crippen molar-refractivity contribution in [2.45, 2.75) is 108 Å². The van der Waals surface area contributed by atoms with Crippen LogP contribution in [0.15, 0.2) is 165 Å². The zero-order chi connectivity index (χ0) is 63.2. The summed E-state index contributed by atoms with van der Waals surface area (Å²) in [6, 6.07) is 44.5. The van der Waals surface area contributed by atoms with E-state index in [0.29, 0.717) is 47.1 Å². The van der Waals surface area contributed by atoms with Crippen molar-refractivity contribution in [3.63, 3.8) is 0 Å². The van der Waals surface area contributed by atoms with Gasteiger partial charge in [0, 0.05) is 24.9 Å². The number of nitrogens with zero attached hydrogens (tertiary/aromatic N) is 10. The first-order valence-electron chi connectivity index (χ1n) is 29.6. The molecule has 0 saturated carbocycles. The number of hydrogen-bond acceptors (Lipinski definition) is 17. The van der Waals surface area contributed by atoms with Gasteiger partial charge in [0.15, 0.2) is 58.6 Å². The molecule has 5 aromatic carbocycles. The molecule has 4 aliphatic rings. The maximum absolute atomic E-state index is 12.8. The number of aliphatic hydroxyl groups is 1. The van der Waals surface area contributed by atoms with Crippen LogP contribution in [0.4, 0.5) is 21.2 Å². The van der Waals surface area contributed by atoms with Crippen LogP contribution >= 0.6 is 11.6 Å². The number of benzene rings is 5. The normalized spacial score (nSPS) is 20.8. The molecule has 466 valence electrons. The van der Waals surface area contributed by atoms with Gasteiger partial charge in [0.1, 0.15) is 47.2 Å². The largest absolute Gasteiger partial charge is 0.497 e. The monoisotopic (exact) mass is 1240 g/mol. The Hall–Kier alpha value is -9.55. The number of aromatic nitrogens is 8. The maximum Gasteiger partial charge on any atom is 0.411 e. The van der Waals surface area contributed by atoms with Gasteiger partial charge < -0.3 is 44.2 Å². The van der Waals surface area contributed by atoms with E-state index in [2.05, 4.69) is 40.5 Å². The molecule has 13 rings (SSSR count). The summed E-state index contributed by atoms with van der Waals surface area (Å²) in [4.78, 5) is 78.3. The molecule has 8 atom stereocenters. The Morgan fingerprint density at radius 3 is 1.34 bits per heavy atom. The van der Waals surface area contributed by atoms with Crippen LogP contribution in [0.5, 0.6) is 11.5 Å². The number of carbonyl (C=O) groups excluding carboxylic acids is 4. The van der Waals surface area contributed by atoms with Crippen LogP contribution in [0, 0.1) is 11.8 Å². The van der Waals surface area contributed by atoms with Crippen molar-refractivity contribution in [1.82, 2.24) is 48.8 Å². The number of ether oxygens (including phenoxy) is 6. The molecule has 23 nitrogen and oxygen atoms in total. The predicted molar refractivity (Wildman–Crippen MR) is 333 cm³/mol. The minimum atomic E-state index is -0.778. The molecule has 8 heterocycles. The second-order valence-corrected chi connectivity index (χ2v) is 23.1.